The minimum absolute atomic E-state index is 0.278. The first kappa shape index (κ1) is 17.7. The average Bonchev–Trinajstić information content (AvgIpc) is 2.53. The summed E-state index contributed by atoms with van der Waals surface area (Å²) in [6.07, 6.45) is 4.99. The van der Waals surface area contributed by atoms with Gasteiger partial charge in [-0.05, 0) is 55.9 Å². The molecule has 4 heteroatoms. The quantitative estimate of drug-likeness (QED) is 0.869. The lowest BCUT2D eigenvalue weighted by Gasteiger charge is -2.47. The fourth-order valence-corrected chi connectivity index (χ4v) is 4.09. The van der Waals surface area contributed by atoms with Crippen molar-refractivity contribution in [3.8, 4) is 5.75 Å². The maximum absolute atomic E-state index is 9.50. The van der Waals surface area contributed by atoms with Crippen LogP contribution in [0.2, 0.25) is 0 Å². The molecule has 1 heterocycles. The van der Waals surface area contributed by atoms with Crippen molar-refractivity contribution in [3.05, 3.63) is 28.8 Å². The predicted molar refractivity (Wildman–Crippen MR) is 97.6 cm³/mol. The second-order valence-corrected chi connectivity index (χ2v) is 7.39. The molecule has 1 aromatic rings. The van der Waals surface area contributed by atoms with Crippen LogP contribution in [-0.4, -0.2) is 60.3 Å². The van der Waals surface area contributed by atoms with Gasteiger partial charge in [0.1, 0.15) is 5.75 Å². The standard InChI is InChI=1S/C20H32N2O2/c1-15-16(2)20(24-3)8-7-17(15)13-21-10-11-22(18-5-4-6-18)14-19(21)9-12-23/h7-8,18-19,23H,4-6,9-14H2,1-3H3/t19-/m0/s1. The first-order valence-electron chi connectivity index (χ1n) is 9.36. The Morgan fingerprint density at radius 1 is 1.17 bits per heavy atom. The van der Waals surface area contributed by atoms with Gasteiger partial charge in [0.05, 0.1) is 7.11 Å². The summed E-state index contributed by atoms with van der Waals surface area (Å²) >= 11 is 0. The summed E-state index contributed by atoms with van der Waals surface area (Å²) in [4.78, 5) is 5.23. The molecule has 24 heavy (non-hydrogen) atoms. The van der Waals surface area contributed by atoms with Gasteiger partial charge in [-0.1, -0.05) is 12.5 Å². The molecule has 0 unspecified atom stereocenters. The summed E-state index contributed by atoms with van der Waals surface area (Å²) in [5.41, 5.74) is 3.95. The van der Waals surface area contributed by atoms with Crippen LogP contribution in [0.3, 0.4) is 0 Å². The van der Waals surface area contributed by atoms with E-state index >= 15 is 0 Å². The van der Waals surface area contributed by atoms with Crippen LogP contribution in [0, 0.1) is 13.8 Å². The minimum Gasteiger partial charge on any atom is -0.496 e. The normalized spacial score (nSPS) is 23.2. The number of piperazine rings is 1. The van der Waals surface area contributed by atoms with Crippen molar-refractivity contribution < 1.29 is 9.84 Å². The molecule has 0 amide bonds. The lowest BCUT2D eigenvalue weighted by Crippen LogP contribution is -2.57. The Kier molecular flexibility index (Phi) is 5.80. The molecule has 1 aliphatic heterocycles. The fourth-order valence-electron chi connectivity index (χ4n) is 4.09. The number of ether oxygens (including phenoxy) is 1. The maximum Gasteiger partial charge on any atom is 0.122 e. The van der Waals surface area contributed by atoms with Crippen molar-refractivity contribution in [2.24, 2.45) is 0 Å². The summed E-state index contributed by atoms with van der Waals surface area (Å²) in [5.74, 6) is 0.970. The third kappa shape index (κ3) is 3.61. The SMILES string of the molecule is COc1ccc(CN2CCN(C3CCC3)C[C@@H]2CCO)c(C)c1C. The Morgan fingerprint density at radius 3 is 2.58 bits per heavy atom. The number of nitrogens with zero attached hydrogens (tertiary/aromatic N) is 2. The molecule has 1 atom stereocenters. The number of aliphatic hydroxyl groups excluding tert-OH is 1. The van der Waals surface area contributed by atoms with E-state index < -0.39 is 0 Å². The molecule has 1 aliphatic carbocycles. The van der Waals surface area contributed by atoms with Gasteiger partial charge in [-0.2, -0.15) is 0 Å². The lowest BCUT2D eigenvalue weighted by molar-refractivity contribution is 0.0111. The van der Waals surface area contributed by atoms with Gasteiger partial charge in [-0.25, -0.2) is 0 Å². The molecule has 2 fully saturated rings. The van der Waals surface area contributed by atoms with E-state index in [0.717, 1.165) is 37.8 Å². The van der Waals surface area contributed by atoms with Gasteiger partial charge in [0, 0.05) is 44.9 Å². The number of rotatable bonds is 6. The van der Waals surface area contributed by atoms with Crippen molar-refractivity contribution >= 4 is 0 Å². The highest BCUT2D eigenvalue weighted by Crippen LogP contribution is 2.29. The molecule has 0 aromatic heterocycles. The molecule has 3 rings (SSSR count). The molecule has 2 aliphatic rings. The van der Waals surface area contributed by atoms with Gasteiger partial charge in [0.15, 0.2) is 0 Å². The predicted octanol–water partition coefficient (Wildman–Crippen LogP) is 2.73. The summed E-state index contributed by atoms with van der Waals surface area (Å²) in [6.45, 7) is 8.96. The van der Waals surface area contributed by atoms with Crippen molar-refractivity contribution in [1.29, 1.82) is 0 Å². The second kappa shape index (κ2) is 7.85. The van der Waals surface area contributed by atoms with E-state index in [1.807, 2.05) is 0 Å². The highest BCUT2D eigenvalue weighted by Gasteiger charge is 2.33. The van der Waals surface area contributed by atoms with Crippen molar-refractivity contribution in [2.45, 2.75) is 58.2 Å². The molecule has 1 saturated heterocycles. The van der Waals surface area contributed by atoms with E-state index in [0.29, 0.717) is 6.04 Å². The summed E-state index contributed by atoms with van der Waals surface area (Å²) in [7, 11) is 1.73. The molecular weight excluding hydrogens is 300 g/mol. The van der Waals surface area contributed by atoms with Crippen LogP contribution in [0.15, 0.2) is 12.1 Å². The number of hydrogen-bond donors (Lipinski definition) is 1. The van der Waals surface area contributed by atoms with E-state index in [1.165, 1.54) is 42.5 Å². The summed E-state index contributed by atoms with van der Waals surface area (Å²) < 4.78 is 5.44. The highest BCUT2D eigenvalue weighted by atomic mass is 16.5. The van der Waals surface area contributed by atoms with Crippen LogP contribution < -0.4 is 4.74 Å². The van der Waals surface area contributed by atoms with Gasteiger partial charge < -0.3 is 9.84 Å². The maximum atomic E-state index is 9.50. The first-order chi connectivity index (χ1) is 11.6. The van der Waals surface area contributed by atoms with Crippen LogP contribution in [0.1, 0.15) is 42.4 Å². The lowest BCUT2D eigenvalue weighted by atomic mass is 9.90. The number of benzene rings is 1. The molecule has 0 spiro atoms. The molecule has 4 nitrogen and oxygen atoms in total. The smallest absolute Gasteiger partial charge is 0.122 e. The fraction of sp³-hybridized carbons (Fsp3) is 0.700. The zero-order chi connectivity index (χ0) is 17.1. The van der Waals surface area contributed by atoms with Crippen LogP contribution in [0.25, 0.3) is 0 Å². The molecule has 0 radical (unpaired) electrons. The summed E-state index contributed by atoms with van der Waals surface area (Å²) in [5, 5.41) is 9.50. The van der Waals surface area contributed by atoms with E-state index in [1.54, 1.807) is 7.11 Å². The second-order valence-electron chi connectivity index (χ2n) is 7.39. The molecular formula is C20H32N2O2. The summed E-state index contributed by atoms with van der Waals surface area (Å²) in [6, 6.07) is 5.56. The van der Waals surface area contributed by atoms with Crippen molar-refractivity contribution in [1.82, 2.24) is 9.80 Å². The topological polar surface area (TPSA) is 35.9 Å². The Morgan fingerprint density at radius 2 is 1.96 bits per heavy atom. The van der Waals surface area contributed by atoms with Crippen molar-refractivity contribution in [2.75, 3.05) is 33.4 Å². The Balaban J connectivity index is 1.70. The number of aliphatic hydroxyl groups is 1. The molecule has 134 valence electrons. The van der Waals surface area contributed by atoms with E-state index in [2.05, 4.69) is 35.8 Å². The molecule has 1 aromatic carbocycles. The monoisotopic (exact) mass is 332 g/mol. The van der Waals surface area contributed by atoms with Gasteiger partial charge in [-0.3, -0.25) is 9.80 Å². The van der Waals surface area contributed by atoms with Gasteiger partial charge >= 0.3 is 0 Å². The number of hydrogen-bond acceptors (Lipinski definition) is 4. The average molecular weight is 332 g/mol. The van der Waals surface area contributed by atoms with Gasteiger partial charge in [0.25, 0.3) is 0 Å². The molecule has 0 bridgehead atoms. The van der Waals surface area contributed by atoms with E-state index in [-0.39, 0.29) is 6.61 Å². The highest BCUT2D eigenvalue weighted by molar-refractivity contribution is 5.43. The third-order valence-electron chi connectivity index (χ3n) is 6.13. The first-order valence-corrected chi connectivity index (χ1v) is 9.36. The van der Waals surface area contributed by atoms with Crippen LogP contribution in [0.4, 0.5) is 0 Å². The van der Waals surface area contributed by atoms with Crippen LogP contribution in [-0.2, 0) is 6.54 Å². The third-order valence-corrected chi connectivity index (χ3v) is 6.13. The Hall–Kier alpha value is -1.10. The zero-order valence-electron chi connectivity index (χ0n) is 15.4. The molecule has 1 saturated carbocycles. The molecule has 1 N–H and O–H groups in total. The van der Waals surface area contributed by atoms with Gasteiger partial charge in [0.2, 0.25) is 0 Å². The van der Waals surface area contributed by atoms with E-state index in [9.17, 15) is 5.11 Å². The number of methoxy groups -OCH3 is 1. The zero-order valence-corrected chi connectivity index (χ0v) is 15.4. The van der Waals surface area contributed by atoms with E-state index in [4.69, 9.17) is 4.74 Å². The Bertz CT molecular complexity index is 557. The largest absolute Gasteiger partial charge is 0.496 e. The van der Waals surface area contributed by atoms with Crippen LogP contribution in [0.5, 0.6) is 5.75 Å². The Labute approximate surface area is 146 Å². The van der Waals surface area contributed by atoms with Gasteiger partial charge in [-0.15, -0.1) is 0 Å². The van der Waals surface area contributed by atoms with Crippen molar-refractivity contribution in [3.63, 3.8) is 0 Å². The minimum atomic E-state index is 0.278. The van der Waals surface area contributed by atoms with Crippen LogP contribution >= 0.6 is 0 Å².